The number of allylic oxidation sites excluding steroid dienone is 1. The van der Waals surface area contributed by atoms with Crippen molar-refractivity contribution in [3.8, 4) is 0 Å². The standard InChI is InChI=1S/C16H20O2/c17-16(18)15(12-13-8-4-3-5-9-13)14-10-6-1-2-7-11-14/h3-5,8-10,15H,1-2,6-7,11-12H2,(H,17,18). The SMILES string of the molecule is O=C(O)C(Cc1ccccc1)C1=CCCCCC1. The predicted molar refractivity (Wildman–Crippen MR) is 72.4 cm³/mol. The highest BCUT2D eigenvalue weighted by Gasteiger charge is 2.22. The van der Waals surface area contributed by atoms with Crippen molar-refractivity contribution in [3.63, 3.8) is 0 Å². The Hall–Kier alpha value is -1.57. The summed E-state index contributed by atoms with van der Waals surface area (Å²) in [6, 6.07) is 9.91. The first-order chi connectivity index (χ1) is 8.77. The second kappa shape index (κ2) is 6.39. The molecule has 0 spiro atoms. The normalized spacial score (nSPS) is 17.7. The maximum Gasteiger partial charge on any atom is 0.310 e. The molecule has 0 heterocycles. The monoisotopic (exact) mass is 244 g/mol. The number of rotatable bonds is 4. The van der Waals surface area contributed by atoms with Gasteiger partial charge in [-0.05, 0) is 37.7 Å². The highest BCUT2D eigenvalue weighted by molar-refractivity contribution is 5.74. The second-order valence-corrected chi connectivity index (χ2v) is 4.96. The highest BCUT2D eigenvalue weighted by Crippen LogP contribution is 2.26. The van der Waals surface area contributed by atoms with Gasteiger partial charge in [0.05, 0.1) is 5.92 Å². The second-order valence-electron chi connectivity index (χ2n) is 4.96. The molecule has 2 nitrogen and oxygen atoms in total. The fourth-order valence-corrected chi connectivity index (χ4v) is 2.58. The maximum atomic E-state index is 11.5. The topological polar surface area (TPSA) is 37.3 Å². The van der Waals surface area contributed by atoms with Crippen LogP contribution in [-0.2, 0) is 11.2 Å². The third kappa shape index (κ3) is 3.46. The third-order valence-corrected chi connectivity index (χ3v) is 3.60. The van der Waals surface area contributed by atoms with E-state index in [9.17, 15) is 9.90 Å². The van der Waals surface area contributed by atoms with Crippen molar-refractivity contribution in [2.45, 2.75) is 38.5 Å². The number of carbonyl (C=O) groups is 1. The average Bonchev–Trinajstić information content (AvgIpc) is 2.65. The summed E-state index contributed by atoms with van der Waals surface area (Å²) in [6.07, 6.45) is 8.30. The van der Waals surface area contributed by atoms with E-state index < -0.39 is 5.97 Å². The molecule has 2 heteroatoms. The molecular formula is C16H20O2. The minimum Gasteiger partial charge on any atom is -0.481 e. The number of hydrogen-bond acceptors (Lipinski definition) is 1. The van der Waals surface area contributed by atoms with E-state index in [1.807, 2.05) is 30.3 Å². The van der Waals surface area contributed by atoms with Crippen molar-refractivity contribution in [2.24, 2.45) is 5.92 Å². The summed E-state index contributed by atoms with van der Waals surface area (Å²) in [5, 5.41) is 9.44. The van der Waals surface area contributed by atoms with Crippen molar-refractivity contribution >= 4 is 5.97 Å². The van der Waals surface area contributed by atoms with Crippen molar-refractivity contribution in [2.75, 3.05) is 0 Å². The fraction of sp³-hybridized carbons (Fsp3) is 0.438. The molecule has 1 aromatic carbocycles. The summed E-state index contributed by atoms with van der Waals surface area (Å²) < 4.78 is 0. The van der Waals surface area contributed by atoms with Gasteiger partial charge in [-0.1, -0.05) is 48.4 Å². The van der Waals surface area contributed by atoms with E-state index in [1.165, 1.54) is 12.8 Å². The molecule has 18 heavy (non-hydrogen) atoms. The van der Waals surface area contributed by atoms with E-state index in [2.05, 4.69) is 6.08 Å². The van der Waals surface area contributed by atoms with Gasteiger partial charge in [-0.2, -0.15) is 0 Å². The summed E-state index contributed by atoms with van der Waals surface area (Å²) in [7, 11) is 0. The van der Waals surface area contributed by atoms with Crippen molar-refractivity contribution in [1.29, 1.82) is 0 Å². The first kappa shape index (κ1) is 12.9. The molecule has 0 saturated heterocycles. The smallest absolute Gasteiger partial charge is 0.310 e. The van der Waals surface area contributed by atoms with E-state index in [0.717, 1.165) is 30.4 Å². The van der Waals surface area contributed by atoms with E-state index >= 15 is 0 Å². The highest BCUT2D eigenvalue weighted by atomic mass is 16.4. The number of benzene rings is 1. The molecule has 1 unspecified atom stereocenters. The molecule has 0 bridgehead atoms. The lowest BCUT2D eigenvalue weighted by Gasteiger charge is -2.16. The van der Waals surface area contributed by atoms with Crippen LogP contribution in [-0.4, -0.2) is 11.1 Å². The Balaban J connectivity index is 2.13. The zero-order valence-electron chi connectivity index (χ0n) is 10.6. The van der Waals surface area contributed by atoms with Crippen LogP contribution in [0.25, 0.3) is 0 Å². The van der Waals surface area contributed by atoms with Crippen LogP contribution in [0.2, 0.25) is 0 Å². The van der Waals surface area contributed by atoms with Crippen LogP contribution in [0, 0.1) is 5.92 Å². The average molecular weight is 244 g/mol. The van der Waals surface area contributed by atoms with Gasteiger partial charge in [0.1, 0.15) is 0 Å². The molecule has 0 aromatic heterocycles. The molecule has 0 amide bonds. The van der Waals surface area contributed by atoms with E-state index in [1.54, 1.807) is 0 Å². The Bertz CT molecular complexity index is 420. The van der Waals surface area contributed by atoms with Gasteiger partial charge < -0.3 is 5.11 Å². The minimum absolute atomic E-state index is 0.342. The lowest BCUT2D eigenvalue weighted by atomic mass is 9.89. The molecule has 0 fully saturated rings. The molecule has 2 rings (SSSR count). The first-order valence-electron chi connectivity index (χ1n) is 6.73. The number of carboxylic acids is 1. The van der Waals surface area contributed by atoms with Gasteiger partial charge in [-0.3, -0.25) is 4.79 Å². The lowest BCUT2D eigenvalue weighted by Crippen LogP contribution is -2.19. The van der Waals surface area contributed by atoms with Gasteiger partial charge in [0.2, 0.25) is 0 Å². The van der Waals surface area contributed by atoms with Crippen LogP contribution >= 0.6 is 0 Å². The van der Waals surface area contributed by atoms with Crippen molar-refractivity contribution in [3.05, 3.63) is 47.5 Å². The maximum absolute atomic E-state index is 11.5. The minimum atomic E-state index is -0.688. The fourth-order valence-electron chi connectivity index (χ4n) is 2.58. The van der Waals surface area contributed by atoms with Crippen molar-refractivity contribution in [1.82, 2.24) is 0 Å². The summed E-state index contributed by atoms with van der Waals surface area (Å²) in [6.45, 7) is 0. The van der Waals surface area contributed by atoms with Gasteiger partial charge in [-0.25, -0.2) is 0 Å². The predicted octanol–water partition coefficient (Wildman–Crippen LogP) is 3.82. The van der Waals surface area contributed by atoms with Gasteiger partial charge in [0.25, 0.3) is 0 Å². The van der Waals surface area contributed by atoms with E-state index in [-0.39, 0.29) is 5.92 Å². The van der Waals surface area contributed by atoms with Gasteiger partial charge in [0.15, 0.2) is 0 Å². The lowest BCUT2D eigenvalue weighted by molar-refractivity contribution is -0.140. The number of carboxylic acid groups (broad SMARTS) is 1. The zero-order chi connectivity index (χ0) is 12.8. The van der Waals surface area contributed by atoms with E-state index in [4.69, 9.17) is 0 Å². The molecule has 1 aromatic rings. The third-order valence-electron chi connectivity index (χ3n) is 3.60. The van der Waals surface area contributed by atoms with Crippen LogP contribution in [0.5, 0.6) is 0 Å². The number of hydrogen-bond donors (Lipinski definition) is 1. The molecular weight excluding hydrogens is 224 g/mol. The molecule has 1 aliphatic rings. The zero-order valence-corrected chi connectivity index (χ0v) is 10.6. The van der Waals surface area contributed by atoms with Crippen LogP contribution in [0.15, 0.2) is 42.0 Å². The molecule has 1 N–H and O–H groups in total. The van der Waals surface area contributed by atoms with Crippen LogP contribution in [0.1, 0.15) is 37.7 Å². The molecule has 1 atom stereocenters. The van der Waals surface area contributed by atoms with Crippen LogP contribution in [0.3, 0.4) is 0 Å². The Labute approximate surface area is 108 Å². The first-order valence-corrected chi connectivity index (χ1v) is 6.73. The molecule has 0 saturated carbocycles. The largest absolute Gasteiger partial charge is 0.481 e. The van der Waals surface area contributed by atoms with Crippen molar-refractivity contribution < 1.29 is 9.90 Å². The van der Waals surface area contributed by atoms with Gasteiger partial charge in [0, 0.05) is 0 Å². The van der Waals surface area contributed by atoms with E-state index in [0.29, 0.717) is 6.42 Å². The summed E-state index contributed by atoms with van der Waals surface area (Å²) >= 11 is 0. The van der Waals surface area contributed by atoms with Crippen LogP contribution < -0.4 is 0 Å². The van der Waals surface area contributed by atoms with Gasteiger partial charge in [-0.15, -0.1) is 0 Å². The Morgan fingerprint density at radius 2 is 1.94 bits per heavy atom. The Morgan fingerprint density at radius 1 is 1.17 bits per heavy atom. The quantitative estimate of drug-likeness (QED) is 0.817. The van der Waals surface area contributed by atoms with Gasteiger partial charge >= 0.3 is 5.97 Å². The Kier molecular flexibility index (Phi) is 4.57. The summed E-state index contributed by atoms with van der Waals surface area (Å²) in [5.41, 5.74) is 2.24. The van der Waals surface area contributed by atoms with Crippen LogP contribution in [0.4, 0.5) is 0 Å². The summed E-state index contributed by atoms with van der Waals surface area (Å²) in [4.78, 5) is 11.5. The molecule has 1 aliphatic carbocycles. The molecule has 96 valence electrons. The summed E-state index contributed by atoms with van der Waals surface area (Å²) in [5.74, 6) is -1.03. The Morgan fingerprint density at radius 3 is 2.67 bits per heavy atom. The molecule has 0 radical (unpaired) electrons. The molecule has 0 aliphatic heterocycles. The number of aliphatic carboxylic acids is 1.